The van der Waals surface area contributed by atoms with E-state index in [2.05, 4.69) is 5.32 Å². The summed E-state index contributed by atoms with van der Waals surface area (Å²) in [4.78, 5) is 22.5. The third-order valence-electron chi connectivity index (χ3n) is 2.95. The number of rotatable bonds is 5. The fourth-order valence-electron chi connectivity index (χ4n) is 1.55. The quantitative estimate of drug-likeness (QED) is 0.879. The first-order valence-corrected chi connectivity index (χ1v) is 6.18. The van der Waals surface area contributed by atoms with Crippen molar-refractivity contribution >= 4 is 11.9 Å². The largest absolute Gasteiger partial charge is 0.481 e. The summed E-state index contributed by atoms with van der Waals surface area (Å²) in [5.74, 6) is -1.56. The number of benzene rings is 1. The van der Waals surface area contributed by atoms with E-state index in [0.29, 0.717) is 5.56 Å². The van der Waals surface area contributed by atoms with Crippen LogP contribution in [0.1, 0.15) is 31.4 Å². The van der Waals surface area contributed by atoms with E-state index in [4.69, 9.17) is 5.11 Å². The van der Waals surface area contributed by atoms with Crippen molar-refractivity contribution in [2.24, 2.45) is 5.41 Å². The molecule has 0 radical (unpaired) electrons. The lowest BCUT2D eigenvalue weighted by Gasteiger charge is -2.18. The number of carbonyl (C=O) groups excluding carboxylic acids is 1. The molecule has 0 aliphatic carbocycles. The highest BCUT2D eigenvalue weighted by molar-refractivity contribution is 5.84. The van der Waals surface area contributed by atoms with Crippen LogP contribution in [0.4, 0.5) is 13.2 Å². The van der Waals surface area contributed by atoms with Crippen LogP contribution in [-0.2, 0) is 22.3 Å². The van der Waals surface area contributed by atoms with Crippen molar-refractivity contribution < 1.29 is 27.9 Å². The van der Waals surface area contributed by atoms with Crippen LogP contribution in [-0.4, -0.2) is 17.0 Å². The normalized spacial score (nSPS) is 12.0. The molecule has 0 aromatic heterocycles. The average molecular weight is 303 g/mol. The van der Waals surface area contributed by atoms with E-state index in [1.165, 1.54) is 26.0 Å². The Morgan fingerprint density at radius 1 is 1.14 bits per heavy atom. The molecule has 0 saturated heterocycles. The molecule has 1 amide bonds. The first kappa shape index (κ1) is 17.0. The summed E-state index contributed by atoms with van der Waals surface area (Å²) in [5, 5.41) is 11.4. The molecule has 0 aliphatic rings. The number of carboxylic acids is 1. The van der Waals surface area contributed by atoms with Crippen LogP contribution in [0, 0.1) is 5.41 Å². The lowest BCUT2D eigenvalue weighted by molar-refractivity contribution is -0.149. The maximum Gasteiger partial charge on any atom is 0.416 e. The maximum absolute atomic E-state index is 12.4. The molecule has 1 aromatic carbocycles. The Morgan fingerprint density at radius 2 is 1.67 bits per heavy atom. The molecular formula is C14H16F3NO3. The number of hydrogen-bond donors (Lipinski definition) is 2. The molecule has 0 atom stereocenters. The smallest absolute Gasteiger partial charge is 0.416 e. The van der Waals surface area contributed by atoms with Gasteiger partial charge in [-0.2, -0.15) is 13.2 Å². The minimum absolute atomic E-state index is 0.0483. The van der Waals surface area contributed by atoms with Gasteiger partial charge >= 0.3 is 12.1 Å². The Morgan fingerprint density at radius 3 is 2.10 bits per heavy atom. The van der Waals surface area contributed by atoms with Crippen molar-refractivity contribution in [3.63, 3.8) is 0 Å². The molecule has 0 saturated carbocycles. The zero-order valence-electron chi connectivity index (χ0n) is 11.6. The highest BCUT2D eigenvalue weighted by atomic mass is 19.4. The van der Waals surface area contributed by atoms with Crippen LogP contribution in [0.3, 0.4) is 0 Å². The van der Waals surface area contributed by atoms with Gasteiger partial charge < -0.3 is 10.4 Å². The van der Waals surface area contributed by atoms with Crippen LogP contribution >= 0.6 is 0 Å². The second-order valence-corrected chi connectivity index (χ2v) is 5.34. The molecule has 0 fully saturated rings. The van der Waals surface area contributed by atoms with Crippen LogP contribution in [0.25, 0.3) is 0 Å². The molecule has 0 heterocycles. The summed E-state index contributed by atoms with van der Waals surface area (Å²) in [6, 6.07) is 4.40. The van der Waals surface area contributed by atoms with E-state index in [9.17, 15) is 22.8 Å². The van der Waals surface area contributed by atoms with Crippen molar-refractivity contribution in [1.29, 1.82) is 0 Å². The maximum atomic E-state index is 12.4. The fourth-order valence-corrected chi connectivity index (χ4v) is 1.55. The van der Waals surface area contributed by atoms with Gasteiger partial charge in [0.2, 0.25) is 5.91 Å². The summed E-state index contributed by atoms with van der Waals surface area (Å²) >= 11 is 0. The van der Waals surface area contributed by atoms with Crippen LogP contribution in [0.15, 0.2) is 24.3 Å². The first-order chi connectivity index (χ1) is 9.52. The Bertz CT molecular complexity index is 521. The molecule has 2 N–H and O–H groups in total. The number of halogens is 3. The second kappa shape index (κ2) is 6.15. The Labute approximate surface area is 120 Å². The number of hydrogen-bond acceptors (Lipinski definition) is 2. The minimum atomic E-state index is -4.40. The van der Waals surface area contributed by atoms with Gasteiger partial charge in [0, 0.05) is 13.0 Å². The zero-order valence-corrected chi connectivity index (χ0v) is 11.6. The van der Waals surface area contributed by atoms with Crippen LogP contribution in [0.5, 0.6) is 0 Å². The third-order valence-corrected chi connectivity index (χ3v) is 2.95. The molecule has 0 spiro atoms. The molecular weight excluding hydrogens is 287 g/mol. The van der Waals surface area contributed by atoms with E-state index in [-0.39, 0.29) is 13.0 Å². The SMILES string of the molecule is CC(C)(CC(=O)NCc1ccc(C(F)(F)F)cc1)C(=O)O. The number of alkyl halides is 3. The minimum Gasteiger partial charge on any atom is -0.481 e. The van der Waals surface area contributed by atoms with E-state index >= 15 is 0 Å². The summed E-state index contributed by atoms with van der Waals surface area (Å²) in [7, 11) is 0. The summed E-state index contributed by atoms with van der Waals surface area (Å²) < 4.78 is 37.1. The molecule has 4 nitrogen and oxygen atoms in total. The molecule has 1 aromatic rings. The van der Waals surface area contributed by atoms with Crippen molar-refractivity contribution in [3.05, 3.63) is 35.4 Å². The van der Waals surface area contributed by atoms with Gasteiger partial charge in [0.15, 0.2) is 0 Å². The molecule has 1 rings (SSSR count). The van der Waals surface area contributed by atoms with Gasteiger partial charge in [0.1, 0.15) is 0 Å². The molecule has 0 bridgehead atoms. The number of carboxylic acid groups (broad SMARTS) is 1. The molecule has 21 heavy (non-hydrogen) atoms. The predicted molar refractivity (Wildman–Crippen MR) is 69.3 cm³/mol. The highest BCUT2D eigenvalue weighted by Gasteiger charge is 2.31. The Balaban J connectivity index is 2.56. The van der Waals surface area contributed by atoms with Crippen molar-refractivity contribution in [2.45, 2.75) is 33.0 Å². The van der Waals surface area contributed by atoms with E-state index < -0.39 is 29.0 Å². The topological polar surface area (TPSA) is 66.4 Å². The summed E-state index contributed by atoms with van der Waals surface area (Å²) in [6.45, 7) is 2.90. The standard InChI is InChI=1S/C14H16F3NO3/c1-13(2,12(20)21)7-11(19)18-8-9-3-5-10(6-4-9)14(15,16)17/h3-6H,7-8H2,1-2H3,(H,18,19)(H,20,21). The van der Waals surface area contributed by atoms with Gasteiger partial charge in [-0.15, -0.1) is 0 Å². The van der Waals surface area contributed by atoms with Gasteiger partial charge in [-0.1, -0.05) is 12.1 Å². The van der Waals surface area contributed by atoms with Gasteiger partial charge in [0.25, 0.3) is 0 Å². The Hall–Kier alpha value is -2.05. The number of aliphatic carboxylic acids is 1. The zero-order chi connectivity index (χ0) is 16.3. The van der Waals surface area contributed by atoms with E-state index in [1.54, 1.807) is 0 Å². The predicted octanol–water partition coefficient (Wildman–Crippen LogP) is 2.82. The van der Waals surface area contributed by atoms with E-state index in [0.717, 1.165) is 12.1 Å². The molecule has 0 unspecified atom stereocenters. The number of carbonyl (C=O) groups is 2. The summed E-state index contributed by atoms with van der Waals surface area (Å²) in [6.07, 6.45) is -4.60. The average Bonchev–Trinajstić information content (AvgIpc) is 2.35. The first-order valence-electron chi connectivity index (χ1n) is 6.18. The van der Waals surface area contributed by atoms with Gasteiger partial charge in [-0.3, -0.25) is 9.59 Å². The van der Waals surface area contributed by atoms with Crippen molar-refractivity contribution in [3.8, 4) is 0 Å². The second-order valence-electron chi connectivity index (χ2n) is 5.34. The lowest BCUT2D eigenvalue weighted by atomic mass is 9.89. The Kier molecular flexibility index (Phi) is 4.98. The van der Waals surface area contributed by atoms with Crippen LogP contribution < -0.4 is 5.32 Å². The van der Waals surface area contributed by atoms with Gasteiger partial charge in [0.05, 0.1) is 11.0 Å². The lowest BCUT2D eigenvalue weighted by Crippen LogP contribution is -2.33. The monoisotopic (exact) mass is 303 g/mol. The highest BCUT2D eigenvalue weighted by Crippen LogP contribution is 2.29. The number of amides is 1. The van der Waals surface area contributed by atoms with Crippen molar-refractivity contribution in [1.82, 2.24) is 5.32 Å². The van der Waals surface area contributed by atoms with Crippen LogP contribution in [0.2, 0.25) is 0 Å². The fraction of sp³-hybridized carbons (Fsp3) is 0.429. The number of nitrogens with one attached hydrogen (secondary N) is 1. The van der Waals surface area contributed by atoms with Gasteiger partial charge in [-0.05, 0) is 31.5 Å². The molecule has 116 valence electrons. The molecule has 7 heteroatoms. The van der Waals surface area contributed by atoms with E-state index in [1.807, 2.05) is 0 Å². The third kappa shape index (κ3) is 5.09. The van der Waals surface area contributed by atoms with Gasteiger partial charge in [-0.25, -0.2) is 0 Å². The summed E-state index contributed by atoms with van der Waals surface area (Å²) in [5.41, 5.74) is -1.45. The molecule has 0 aliphatic heterocycles. The van der Waals surface area contributed by atoms with Crippen molar-refractivity contribution in [2.75, 3.05) is 0 Å².